The first kappa shape index (κ1) is 12.9. The van der Waals surface area contributed by atoms with Crippen LogP contribution in [0.5, 0.6) is 0 Å². The third-order valence-corrected chi connectivity index (χ3v) is 4.58. The van der Waals surface area contributed by atoms with Crippen molar-refractivity contribution in [2.24, 2.45) is 16.7 Å². The fraction of sp³-hybridized carbons (Fsp3) is 0.929. The fourth-order valence-electron chi connectivity index (χ4n) is 4.07. The van der Waals surface area contributed by atoms with Crippen LogP contribution in [0, 0.1) is 16.7 Å². The summed E-state index contributed by atoms with van der Waals surface area (Å²) in [6.45, 7) is 6.53. The summed E-state index contributed by atoms with van der Waals surface area (Å²) in [6, 6.07) is 0. The molecule has 2 fully saturated rings. The van der Waals surface area contributed by atoms with E-state index in [4.69, 9.17) is 4.74 Å². The number of aliphatic hydroxyl groups is 1. The number of carbonyl (C=O) groups is 1. The smallest absolute Gasteiger partial charge is 0.314 e. The molecule has 0 radical (unpaired) electrons. The lowest BCUT2D eigenvalue weighted by Crippen LogP contribution is -2.52. The van der Waals surface area contributed by atoms with Gasteiger partial charge in [-0.1, -0.05) is 20.8 Å². The molecule has 0 aliphatic heterocycles. The van der Waals surface area contributed by atoms with E-state index in [0.29, 0.717) is 12.3 Å². The van der Waals surface area contributed by atoms with Crippen LogP contribution in [-0.2, 0) is 9.53 Å². The van der Waals surface area contributed by atoms with Gasteiger partial charge in [-0.25, -0.2) is 0 Å². The minimum absolute atomic E-state index is 0.107. The zero-order valence-electron chi connectivity index (χ0n) is 11.4. The standard InChI is InChI=1S/C14H24O3/c1-10-7-12(2,3)9-14(16,8-10)13(5-6-13)11(15)17-4/h10,16H,5-9H2,1-4H3. The van der Waals surface area contributed by atoms with Gasteiger partial charge in [0.1, 0.15) is 0 Å². The monoisotopic (exact) mass is 240 g/mol. The lowest BCUT2D eigenvalue weighted by molar-refractivity contribution is -0.169. The fourth-order valence-corrected chi connectivity index (χ4v) is 4.07. The number of carbonyl (C=O) groups excluding carboxylic acids is 1. The average Bonchev–Trinajstić information content (AvgIpc) is 2.93. The van der Waals surface area contributed by atoms with E-state index in [0.717, 1.165) is 25.7 Å². The molecule has 2 atom stereocenters. The van der Waals surface area contributed by atoms with E-state index in [9.17, 15) is 9.90 Å². The summed E-state index contributed by atoms with van der Waals surface area (Å²) in [5, 5.41) is 11.0. The highest BCUT2D eigenvalue weighted by Crippen LogP contribution is 2.62. The summed E-state index contributed by atoms with van der Waals surface area (Å²) in [7, 11) is 1.42. The maximum absolute atomic E-state index is 11.9. The van der Waals surface area contributed by atoms with Gasteiger partial charge < -0.3 is 9.84 Å². The van der Waals surface area contributed by atoms with Crippen LogP contribution in [0.15, 0.2) is 0 Å². The molecule has 0 aromatic rings. The first-order chi connectivity index (χ1) is 7.75. The Morgan fingerprint density at radius 1 is 1.29 bits per heavy atom. The van der Waals surface area contributed by atoms with Gasteiger partial charge in [0.25, 0.3) is 0 Å². The van der Waals surface area contributed by atoms with Crippen molar-refractivity contribution in [1.29, 1.82) is 0 Å². The molecule has 3 nitrogen and oxygen atoms in total. The van der Waals surface area contributed by atoms with Crippen molar-refractivity contribution in [3.63, 3.8) is 0 Å². The molecule has 1 N–H and O–H groups in total. The van der Waals surface area contributed by atoms with Crippen LogP contribution in [0.2, 0.25) is 0 Å². The third-order valence-electron chi connectivity index (χ3n) is 4.58. The molecular formula is C14H24O3. The minimum Gasteiger partial charge on any atom is -0.469 e. The van der Waals surface area contributed by atoms with Gasteiger partial charge in [0.15, 0.2) is 0 Å². The highest BCUT2D eigenvalue weighted by molar-refractivity contribution is 5.81. The Balaban J connectivity index is 2.27. The van der Waals surface area contributed by atoms with Crippen LogP contribution in [0.1, 0.15) is 52.9 Å². The number of methoxy groups -OCH3 is 1. The molecule has 2 saturated carbocycles. The first-order valence-corrected chi connectivity index (χ1v) is 6.56. The molecule has 0 saturated heterocycles. The van der Waals surface area contributed by atoms with E-state index in [-0.39, 0.29) is 11.4 Å². The van der Waals surface area contributed by atoms with Gasteiger partial charge in [0.2, 0.25) is 0 Å². The van der Waals surface area contributed by atoms with Crippen LogP contribution < -0.4 is 0 Å². The molecular weight excluding hydrogens is 216 g/mol. The molecule has 98 valence electrons. The van der Waals surface area contributed by atoms with E-state index in [1.807, 2.05) is 0 Å². The number of hydrogen-bond donors (Lipinski definition) is 1. The van der Waals surface area contributed by atoms with Crippen molar-refractivity contribution in [2.45, 2.75) is 58.5 Å². The topological polar surface area (TPSA) is 46.5 Å². The van der Waals surface area contributed by atoms with Crippen LogP contribution in [0.3, 0.4) is 0 Å². The lowest BCUT2D eigenvalue weighted by atomic mass is 9.61. The second kappa shape index (κ2) is 3.71. The molecule has 0 aromatic carbocycles. The van der Waals surface area contributed by atoms with E-state index >= 15 is 0 Å². The summed E-state index contributed by atoms with van der Waals surface area (Å²) in [6.07, 6.45) is 4.11. The first-order valence-electron chi connectivity index (χ1n) is 6.56. The molecule has 0 heterocycles. The Hall–Kier alpha value is -0.570. The van der Waals surface area contributed by atoms with Crippen molar-refractivity contribution in [2.75, 3.05) is 7.11 Å². The van der Waals surface area contributed by atoms with Crippen molar-refractivity contribution in [3.8, 4) is 0 Å². The van der Waals surface area contributed by atoms with E-state index in [1.54, 1.807) is 0 Å². The maximum Gasteiger partial charge on any atom is 0.314 e. The summed E-state index contributed by atoms with van der Waals surface area (Å²) in [5.41, 5.74) is -1.36. The Morgan fingerprint density at radius 2 is 1.88 bits per heavy atom. The third kappa shape index (κ3) is 1.99. The molecule has 2 unspecified atom stereocenters. The minimum atomic E-state index is -0.860. The predicted octanol–water partition coefficient (Wildman–Crippen LogP) is 2.52. The van der Waals surface area contributed by atoms with Gasteiger partial charge in [0.05, 0.1) is 18.1 Å². The van der Waals surface area contributed by atoms with Gasteiger partial charge >= 0.3 is 5.97 Å². The predicted molar refractivity (Wildman–Crippen MR) is 65.4 cm³/mol. The van der Waals surface area contributed by atoms with Crippen molar-refractivity contribution >= 4 is 5.97 Å². The summed E-state index contributed by atoms with van der Waals surface area (Å²) >= 11 is 0. The van der Waals surface area contributed by atoms with Crippen LogP contribution >= 0.6 is 0 Å². The van der Waals surface area contributed by atoms with Gasteiger partial charge in [-0.2, -0.15) is 0 Å². The number of rotatable bonds is 2. The second-order valence-electron chi connectivity index (χ2n) is 6.96. The quantitative estimate of drug-likeness (QED) is 0.754. The normalized spacial score (nSPS) is 38.5. The number of ether oxygens (including phenoxy) is 1. The van der Waals surface area contributed by atoms with Crippen molar-refractivity contribution in [3.05, 3.63) is 0 Å². The van der Waals surface area contributed by atoms with E-state index in [1.165, 1.54) is 7.11 Å². The molecule has 2 rings (SSSR count). The summed E-state index contributed by atoms with van der Waals surface area (Å²) in [4.78, 5) is 11.9. The van der Waals surface area contributed by atoms with Crippen molar-refractivity contribution < 1.29 is 14.6 Å². The highest BCUT2D eigenvalue weighted by atomic mass is 16.5. The molecule has 2 aliphatic carbocycles. The SMILES string of the molecule is COC(=O)C1(C2(O)CC(C)CC(C)(C)C2)CC1. The Bertz CT molecular complexity index is 330. The van der Waals surface area contributed by atoms with Crippen LogP contribution in [0.25, 0.3) is 0 Å². The van der Waals surface area contributed by atoms with Gasteiger partial charge in [-0.05, 0) is 43.4 Å². The van der Waals surface area contributed by atoms with Crippen LogP contribution in [-0.4, -0.2) is 23.8 Å². The Labute approximate surface area is 104 Å². The molecule has 0 spiro atoms. The van der Waals surface area contributed by atoms with Gasteiger partial charge in [0, 0.05) is 0 Å². The Morgan fingerprint density at radius 3 is 2.29 bits per heavy atom. The average molecular weight is 240 g/mol. The summed E-state index contributed by atoms with van der Waals surface area (Å²) in [5.74, 6) is 0.246. The number of esters is 1. The zero-order chi connectivity index (χ0) is 12.9. The highest BCUT2D eigenvalue weighted by Gasteiger charge is 2.66. The second-order valence-corrected chi connectivity index (χ2v) is 6.96. The molecule has 3 heteroatoms. The van der Waals surface area contributed by atoms with Crippen molar-refractivity contribution in [1.82, 2.24) is 0 Å². The molecule has 0 aromatic heterocycles. The van der Waals surface area contributed by atoms with Crippen LogP contribution in [0.4, 0.5) is 0 Å². The molecule has 0 amide bonds. The lowest BCUT2D eigenvalue weighted by Gasteiger charge is -2.48. The molecule has 17 heavy (non-hydrogen) atoms. The molecule has 0 bridgehead atoms. The van der Waals surface area contributed by atoms with Gasteiger partial charge in [-0.3, -0.25) is 4.79 Å². The molecule has 2 aliphatic rings. The maximum atomic E-state index is 11.9. The van der Waals surface area contributed by atoms with Gasteiger partial charge in [-0.15, -0.1) is 0 Å². The number of hydrogen-bond acceptors (Lipinski definition) is 3. The largest absolute Gasteiger partial charge is 0.469 e. The summed E-state index contributed by atoms with van der Waals surface area (Å²) < 4.78 is 4.90. The van der Waals surface area contributed by atoms with E-state index < -0.39 is 11.0 Å². The zero-order valence-corrected chi connectivity index (χ0v) is 11.4. The Kier molecular flexibility index (Phi) is 2.81. The van der Waals surface area contributed by atoms with E-state index in [2.05, 4.69) is 20.8 Å².